The van der Waals surface area contributed by atoms with Crippen LogP contribution < -0.4 is 5.32 Å². The van der Waals surface area contributed by atoms with E-state index in [0.29, 0.717) is 5.71 Å². The number of nitrogens with zero attached hydrogens (tertiary/aromatic N) is 1. The zero-order valence-electron chi connectivity index (χ0n) is 10.7. The summed E-state index contributed by atoms with van der Waals surface area (Å²) in [6, 6.07) is 11.7. The standard InChI is InChI=1S/C15H17N3/c1-3-17-15-13(9-6-10-18-15)14(16)12-8-5-4-7-11(12)2/h4-10,16H,3H2,1-2H3,(H,17,18). The molecule has 0 radical (unpaired) electrons. The first kappa shape index (κ1) is 12.3. The van der Waals surface area contributed by atoms with Gasteiger partial charge in [-0.2, -0.15) is 0 Å². The number of benzene rings is 1. The summed E-state index contributed by atoms with van der Waals surface area (Å²) in [7, 11) is 0. The fourth-order valence-corrected chi connectivity index (χ4v) is 1.91. The number of rotatable bonds is 4. The third-order valence-corrected chi connectivity index (χ3v) is 2.84. The Balaban J connectivity index is 2.43. The van der Waals surface area contributed by atoms with E-state index in [0.717, 1.165) is 29.1 Å². The number of hydrogen-bond acceptors (Lipinski definition) is 3. The average molecular weight is 239 g/mol. The first-order valence-corrected chi connectivity index (χ1v) is 6.08. The first-order valence-electron chi connectivity index (χ1n) is 6.08. The van der Waals surface area contributed by atoms with E-state index in [4.69, 9.17) is 5.41 Å². The largest absolute Gasteiger partial charge is 0.370 e. The van der Waals surface area contributed by atoms with Crippen LogP contribution >= 0.6 is 0 Å². The molecule has 0 amide bonds. The van der Waals surface area contributed by atoms with Crippen LogP contribution in [0.3, 0.4) is 0 Å². The maximum Gasteiger partial charge on any atom is 0.135 e. The van der Waals surface area contributed by atoms with Crippen LogP contribution in [0.5, 0.6) is 0 Å². The summed E-state index contributed by atoms with van der Waals surface area (Å²) in [5.41, 5.74) is 3.41. The van der Waals surface area contributed by atoms with Gasteiger partial charge in [-0.15, -0.1) is 0 Å². The third kappa shape index (κ3) is 2.40. The fraction of sp³-hybridized carbons (Fsp3) is 0.200. The normalized spacial score (nSPS) is 10.1. The Labute approximate surface area is 107 Å². The molecule has 0 bridgehead atoms. The number of aryl methyl sites for hydroxylation is 1. The highest BCUT2D eigenvalue weighted by Gasteiger charge is 2.11. The lowest BCUT2D eigenvalue weighted by Gasteiger charge is -2.12. The van der Waals surface area contributed by atoms with Gasteiger partial charge in [0, 0.05) is 23.9 Å². The van der Waals surface area contributed by atoms with Gasteiger partial charge in [-0.3, -0.25) is 5.41 Å². The quantitative estimate of drug-likeness (QED) is 0.805. The molecule has 0 atom stereocenters. The van der Waals surface area contributed by atoms with Gasteiger partial charge in [0.2, 0.25) is 0 Å². The second-order valence-electron chi connectivity index (χ2n) is 4.12. The molecule has 1 aromatic carbocycles. The van der Waals surface area contributed by atoms with E-state index in [2.05, 4.69) is 10.3 Å². The van der Waals surface area contributed by atoms with Crippen molar-refractivity contribution in [3.63, 3.8) is 0 Å². The molecule has 0 aliphatic carbocycles. The Morgan fingerprint density at radius 1 is 1.17 bits per heavy atom. The minimum Gasteiger partial charge on any atom is -0.370 e. The van der Waals surface area contributed by atoms with E-state index in [1.165, 1.54) is 0 Å². The molecule has 0 fully saturated rings. The van der Waals surface area contributed by atoms with Crippen molar-refractivity contribution in [2.45, 2.75) is 13.8 Å². The number of aromatic nitrogens is 1. The summed E-state index contributed by atoms with van der Waals surface area (Å²) in [6.07, 6.45) is 1.74. The van der Waals surface area contributed by atoms with Crippen molar-refractivity contribution in [2.24, 2.45) is 0 Å². The van der Waals surface area contributed by atoms with E-state index >= 15 is 0 Å². The van der Waals surface area contributed by atoms with Crippen molar-refractivity contribution in [3.8, 4) is 0 Å². The van der Waals surface area contributed by atoms with Crippen molar-refractivity contribution in [3.05, 3.63) is 59.3 Å². The second-order valence-corrected chi connectivity index (χ2v) is 4.12. The molecule has 2 aromatic rings. The molecule has 0 spiro atoms. The highest BCUT2D eigenvalue weighted by molar-refractivity contribution is 6.14. The molecule has 1 heterocycles. The molecule has 18 heavy (non-hydrogen) atoms. The zero-order valence-corrected chi connectivity index (χ0v) is 10.7. The minimum absolute atomic E-state index is 0.511. The van der Waals surface area contributed by atoms with Gasteiger partial charge in [0.25, 0.3) is 0 Å². The number of hydrogen-bond donors (Lipinski definition) is 2. The summed E-state index contributed by atoms with van der Waals surface area (Å²) < 4.78 is 0. The smallest absolute Gasteiger partial charge is 0.135 e. The van der Waals surface area contributed by atoms with Gasteiger partial charge in [0.05, 0.1) is 5.71 Å². The van der Waals surface area contributed by atoms with Crippen LogP contribution in [0.25, 0.3) is 0 Å². The molecule has 1 aromatic heterocycles. The molecule has 0 unspecified atom stereocenters. The van der Waals surface area contributed by atoms with Gasteiger partial charge in [-0.25, -0.2) is 4.98 Å². The van der Waals surface area contributed by atoms with E-state index in [-0.39, 0.29) is 0 Å². The van der Waals surface area contributed by atoms with Crippen molar-refractivity contribution in [1.82, 2.24) is 4.98 Å². The lowest BCUT2D eigenvalue weighted by Crippen LogP contribution is -2.10. The maximum atomic E-state index is 8.35. The summed E-state index contributed by atoms with van der Waals surface area (Å²) >= 11 is 0. The van der Waals surface area contributed by atoms with Crippen LogP contribution in [0.2, 0.25) is 0 Å². The third-order valence-electron chi connectivity index (χ3n) is 2.84. The molecule has 0 aliphatic rings. The SMILES string of the molecule is CCNc1ncccc1C(=N)c1ccccc1C. The average Bonchev–Trinajstić information content (AvgIpc) is 2.40. The van der Waals surface area contributed by atoms with E-state index < -0.39 is 0 Å². The fourth-order valence-electron chi connectivity index (χ4n) is 1.91. The van der Waals surface area contributed by atoms with Crippen molar-refractivity contribution < 1.29 is 0 Å². The van der Waals surface area contributed by atoms with E-state index in [9.17, 15) is 0 Å². The molecule has 92 valence electrons. The second kappa shape index (κ2) is 5.45. The van der Waals surface area contributed by atoms with E-state index in [1.54, 1.807) is 6.20 Å². The molecule has 0 aliphatic heterocycles. The number of pyridine rings is 1. The monoisotopic (exact) mass is 239 g/mol. The topological polar surface area (TPSA) is 48.8 Å². The molecule has 2 N–H and O–H groups in total. The lowest BCUT2D eigenvalue weighted by atomic mass is 9.99. The van der Waals surface area contributed by atoms with Crippen LogP contribution in [-0.4, -0.2) is 17.2 Å². The van der Waals surface area contributed by atoms with Crippen LogP contribution in [0, 0.1) is 12.3 Å². The molecule has 3 heteroatoms. The van der Waals surface area contributed by atoms with Crippen LogP contribution in [0.4, 0.5) is 5.82 Å². The van der Waals surface area contributed by atoms with Gasteiger partial charge in [-0.05, 0) is 31.5 Å². The molecular weight excluding hydrogens is 222 g/mol. The van der Waals surface area contributed by atoms with Crippen LogP contribution in [0.15, 0.2) is 42.6 Å². The van der Waals surface area contributed by atoms with Crippen LogP contribution in [0.1, 0.15) is 23.6 Å². The van der Waals surface area contributed by atoms with Gasteiger partial charge >= 0.3 is 0 Å². The zero-order chi connectivity index (χ0) is 13.0. The predicted octanol–water partition coefficient (Wildman–Crippen LogP) is 3.24. The maximum absolute atomic E-state index is 8.35. The van der Waals surface area contributed by atoms with Gasteiger partial charge in [0.1, 0.15) is 5.82 Å². The molecule has 0 saturated carbocycles. The summed E-state index contributed by atoms with van der Waals surface area (Å²) in [5.74, 6) is 0.772. The Hall–Kier alpha value is -2.16. The van der Waals surface area contributed by atoms with E-state index in [1.807, 2.05) is 50.2 Å². The molecule has 2 rings (SSSR count). The first-order chi connectivity index (χ1) is 8.74. The molecule has 3 nitrogen and oxygen atoms in total. The summed E-state index contributed by atoms with van der Waals surface area (Å²) in [4.78, 5) is 4.29. The number of nitrogens with one attached hydrogen (secondary N) is 2. The number of anilines is 1. The Bertz CT molecular complexity index is 561. The minimum atomic E-state index is 0.511. The van der Waals surface area contributed by atoms with Crippen molar-refractivity contribution in [1.29, 1.82) is 5.41 Å². The van der Waals surface area contributed by atoms with Crippen molar-refractivity contribution in [2.75, 3.05) is 11.9 Å². The Morgan fingerprint density at radius 3 is 2.61 bits per heavy atom. The Kier molecular flexibility index (Phi) is 3.72. The Morgan fingerprint density at radius 2 is 1.89 bits per heavy atom. The van der Waals surface area contributed by atoms with Gasteiger partial charge in [-0.1, -0.05) is 24.3 Å². The molecular formula is C15H17N3. The molecule has 0 saturated heterocycles. The highest BCUT2D eigenvalue weighted by Crippen LogP contribution is 2.18. The lowest BCUT2D eigenvalue weighted by molar-refractivity contribution is 1.15. The predicted molar refractivity (Wildman–Crippen MR) is 75.5 cm³/mol. The summed E-state index contributed by atoms with van der Waals surface area (Å²) in [5, 5.41) is 11.5. The van der Waals surface area contributed by atoms with Crippen molar-refractivity contribution >= 4 is 11.5 Å². The summed E-state index contributed by atoms with van der Waals surface area (Å²) in [6.45, 7) is 4.84. The van der Waals surface area contributed by atoms with Gasteiger partial charge < -0.3 is 5.32 Å². The van der Waals surface area contributed by atoms with Gasteiger partial charge in [0.15, 0.2) is 0 Å². The van der Waals surface area contributed by atoms with Crippen LogP contribution in [-0.2, 0) is 0 Å². The highest BCUT2D eigenvalue weighted by atomic mass is 15.0.